The molecule has 3 fully saturated rings. The second-order valence-corrected chi connectivity index (χ2v) is 8.83. The van der Waals surface area contributed by atoms with Gasteiger partial charge in [-0.15, -0.1) is 0 Å². The molecule has 0 aromatic heterocycles. The molecule has 7 nitrogen and oxygen atoms in total. The van der Waals surface area contributed by atoms with Gasteiger partial charge in [-0.3, -0.25) is 14.5 Å². The van der Waals surface area contributed by atoms with E-state index in [1.165, 1.54) is 17.0 Å². The van der Waals surface area contributed by atoms with Crippen molar-refractivity contribution in [3.63, 3.8) is 0 Å². The van der Waals surface area contributed by atoms with E-state index in [0.29, 0.717) is 31.5 Å². The van der Waals surface area contributed by atoms with Crippen LogP contribution in [0.3, 0.4) is 0 Å². The summed E-state index contributed by atoms with van der Waals surface area (Å²) in [6.45, 7) is 3.14. The van der Waals surface area contributed by atoms with Crippen LogP contribution in [0.5, 0.6) is 0 Å². The maximum Gasteiger partial charge on any atom is 0.416 e. The Bertz CT molecular complexity index is 929. The molecular formula is C22H26F3N5O2. The van der Waals surface area contributed by atoms with Gasteiger partial charge in [0.05, 0.1) is 29.8 Å². The van der Waals surface area contributed by atoms with E-state index >= 15 is 0 Å². The van der Waals surface area contributed by atoms with E-state index in [4.69, 9.17) is 5.73 Å². The average Bonchev–Trinajstić information content (AvgIpc) is 3.46. The molecule has 32 heavy (non-hydrogen) atoms. The Balaban J connectivity index is 1.39. The molecule has 0 radical (unpaired) electrons. The number of nitrogens with two attached hydrogens (primary N) is 1. The van der Waals surface area contributed by atoms with Gasteiger partial charge in [0.1, 0.15) is 6.04 Å². The quantitative estimate of drug-likeness (QED) is 0.741. The van der Waals surface area contributed by atoms with E-state index in [9.17, 15) is 28.0 Å². The minimum absolute atomic E-state index is 0.0780. The average molecular weight is 449 g/mol. The number of nitrogens with zero attached hydrogens (tertiary/aromatic N) is 4. The number of amides is 2. The van der Waals surface area contributed by atoms with Crippen molar-refractivity contribution in [2.45, 2.75) is 62.6 Å². The van der Waals surface area contributed by atoms with E-state index in [1.54, 1.807) is 4.90 Å². The third kappa shape index (κ3) is 3.95. The van der Waals surface area contributed by atoms with Crippen molar-refractivity contribution in [3.05, 3.63) is 35.4 Å². The summed E-state index contributed by atoms with van der Waals surface area (Å²) < 4.78 is 38.5. The van der Waals surface area contributed by atoms with Crippen molar-refractivity contribution in [2.75, 3.05) is 19.6 Å². The molecule has 4 rings (SSSR count). The first kappa shape index (κ1) is 22.6. The van der Waals surface area contributed by atoms with E-state index < -0.39 is 23.8 Å². The van der Waals surface area contributed by atoms with Gasteiger partial charge in [-0.05, 0) is 43.9 Å². The van der Waals surface area contributed by atoms with Gasteiger partial charge in [0.25, 0.3) is 0 Å². The van der Waals surface area contributed by atoms with Crippen LogP contribution in [-0.2, 0) is 15.8 Å². The third-order valence-corrected chi connectivity index (χ3v) is 6.89. The van der Waals surface area contributed by atoms with Crippen LogP contribution in [0.4, 0.5) is 13.2 Å². The number of likely N-dealkylation sites (tertiary alicyclic amines) is 3. The minimum atomic E-state index is -4.40. The Hall–Kier alpha value is -2.64. The summed E-state index contributed by atoms with van der Waals surface area (Å²) in [7, 11) is 0. The Labute approximate surface area is 184 Å². The Morgan fingerprint density at radius 2 is 2.00 bits per heavy atom. The van der Waals surface area contributed by atoms with Gasteiger partial charge in [-0.1, -0.05) is 12.1 Å². The van der Waals surface area contributed by atoms with Crippen LogP contribution >= 0.6 is 0 Å². The number of nitriles is 1. The highest BCUT2D eigenvalue weighted by Gasteiger charge is 2.51. The lowest BCUT2D eigenvalue weighted by molar-refractivity contribution is -0.141. The molecule has 5 atom stereocenters. The number of hydrogen-bond donors (Lipinski definition) is 1. The zero-order valence-electron chi connectivity index (χ0n) is 17.8. The molecule has 0 spiro atoms. The Morgan fingerprint density at radius 1 is 1.31 bits per heavy atom. The van der Waals surface area contributed by atoms with Crippen molar-refractivity contribution in [3.8, 4) is 6.07 Å². The molecule has 1 aromatic carbocycles. The molecule has 0 saturated carbocycles. The fourth-order valence-corrected chi connectivity index (χ4v) is 5.22. The molecular weight excluding hydrogens is 423 g/mol. The Morgan fingerprint density at radius 3 is 2.59 bits per heavy atom. The highest BCUT2D eigenvalue weighted by Crippen LogP contribution is 2.38. The fourth-order valence-electron chi connectivity index (χ4n) is 5.22. The lowest BCUT2D eigenvalue weighted by Gasteiger charge is -2.38. The molecule has 3 heterocycles. The lowest BCUT2D eigenvalue weighted by atomic mass is 10.0. The highest BCUT2D eigenvalue weighted by molar-refractivity contribution is 5.87. The van der Waals surface area contributed by atoms with Gasteiger partial charge in [0.2, 0.25) is 11.8 Å². The maximum absolute atomic E-state index is 13.0. The van der Waals surface area contributed by atoms with Crippen LogP contribution in [0.15, 0.2) is 24.3 Å². The highest BCUT2D eigenvalue weighted by atomic mass is 19.4. The number of benzene rings is 1. The number of fused-ring (bicyclic) bond motifs is 2. The molecule has 2 N–H and O–H groups in total. The maximum atomic E-state index is 13.0. The van der Waals surface area contributed by atoms with Crippen LogP contribution in [0.2, 0.25) is 0 Å². The molecule has 0 unspecified atom stereocenters. The van der Waals surface area contributed by atoms with Crippen molar-refractivity contribution in [1.29, 1.82) is 5.26 Å². The summed E-state index contributed by atoms with van der Waals surface area (Å²) in [5.41, 5.74) is 6.08. The largest absolute Gasteiger partial charge is 0.416 e. The van der Waals surface area contributed by atoms with Crippen molar-refractivity contribution in [1.82, 2.24) is 14.7 Å². The van der Waals surface area contributed by atoms with Crippen LogP contribution in [-0.4, -0.2) is 70.3 Å². The second kappa shape index (κ2) is 8.37. The molecule has 3 aliphatic heterocycles. The van der Waals surface area contributed by atoms with Crippen LogP contribution < -0.4 is 5.73 Å². The molecule has 172 valence electrons. The summed E-state index contributed by atoms with van der Waals surface area (Å²) >= 11 is 0. The van der Waals surface area contributed by atoms with Gasteiger partial charge in [0, 0.05) is 25.7 Å². The first-order valence-corrected chi connectivity index (χ1v) is 10.8. The number of piperazine rings is 1. The number of alkyl halides is 3. The molecule has 0 aliphatic carbocycles. The molecule has 2 amide bonds. The number of hydrogen-bond acceptors (Lipinski definition) is 5. The number of carbonyl (C=O) groups excluding carboxylic acids is 2. The lowest BCUT2D eigenvalue weighted by Crippen LogP contribution is -2.56. The summed E-state index contributed by atoms with van der Waals surface area (Å²) in [6, 6.07) is 4.98. The third-order valence-electron chi connectivity index (χ3n) is 6.89. The monoisotopic (exact) mass is 449 g/mol. The molecule has 10 heteroatoms. The first-order valence-electron chi connectivity index (χ1n) is 10.8. The molecule has 2 bridgehead atoms. The number of carbonyl (C=O) groups is 2. The Kier molecular flexibility index (Phi) is 5.90. The van der Waals surface area contributed by atoms with Crippen molar-refractivity contribution < 1.29 is 22.8 Å². The van der Waals surface area contributed by atoms with Crippen LogP contribution in [0, 0.1) is 11.3 Å². The van der Waals surface area contributed by atoms with E-state index in [-0.39, 0.29) is 36.5 Å². The summed E-state index contributed by atoms with van der Waals surface area (Å²) in [5, 5.41) is 9.20. The first-order chi connectivity index (χ1) is 15.1. The van der Waals surface area contributed by atoms with Gasteiger partial charge in [-0.2, -0.15) is 18.4 Å². The molecule has 1 aromatic rings. The minimum Gasteiger partial charge on any atom is -0.330 e. The van der Waals surface area contributed by atoms with Crippen molar-refractivity contribution in [2.24, 2.45) is 5.73 Å². The van der Waals surface area contributed by atoms with Crippen LogP contribution in [0.25, 0.3) is 0 Å². The summed E-state index contributed by atoms with van der Waals surface area (Å²) in [5.74, 6) is -0.358. The fraction of sp³-hybridized carbons (Fsp3) is 0.591. The van der Waals surface area contributed by atoms with Crippen molar-refractivity contribution >= 4 is 11.8 Å². The second-order valence-electron chi connectivity index (χ2n) is 8.83. The van der Waals surface area contributed by atoms with Gasteiger partial charge < -0.3 is 15.5 Å². The summed E-state index contributed by atoms with van der Waals surface area (Å²) in [6.07, 6.45) is -2.36. The van der Waals surface area contributed by atoms with E-state index in [2.05, 4.69) is 6.07 Å². The molecule has 3 saturated heterocycles. The van der Waals surface area contributed by atoms with Gasteiger partial charge >= 0.3 is 6.18 Å². The van der Waals surface area contributed by atoms with Gasteiger partial charge in [0.15, 0.2) is 0 Å². The topological polar surface area (TPSA) is 93.7 Å². The van der Waals surface area contributed by atoms with Gasteiger partial charge in [-0.25, -0.2) is 0 Å². The standard InChI is InChI=1S/C22H26F3N5O2/c1-13(14-4-6-15(7-5-14)22(23,24)25)30-17-9-19(21(30)32)28(11-17)12-18(27)20(31)29-8-2-3-16(29)10-26/h4-7,13,16-19H,2-3,8-9,11-12,27H2,1H3/t13-,16-,17-,18-,19-/m0/s1. The predicted octanol–water partition coefficient (Wildman–Crippen LogP) is 1.89. The van der Waals surface area contributed by atoms with E-state index in [0.717, 1.165) is 18.6 Å². The number of rotatable bonds is 5. The predicted molar refractivity (Wildman–Crippen MR) is 109 cm³/mol. The van der Waals surface area contributed by atoms with E-state index in [1.807, 2.05) is 11.8 Å². The number of halogens is 3. The zero-order chi connectivity index (χ0) is 23.2. The zero-order valence-corrected chi connectivity index (χ0v) is 17.8. The summed E-state index contributed by atoms with van der Waals surface area (Å²) in [4.78, 5) is 30.9. The SMILES string of the molecule is C[C@@H](c1ccc(C(F)(F)F)cc1)N1C(=O)[C@@H]2C[C@H]1CN2C[C@H](N)C(=O)N1CCC[C@H]1C#N. The van der Waals surface area contributed by atoms with Crippen LogP contribution in [0.1, 0.15) is 43.4 Å². The molecule has 3 aliphatic rings. The smallest absolute Gasteiger partial charge is 0.330 e. The normalized spacial score (nSPS) is 27.6.